The molecule has 0 bridgehead atoms. The molecule has 1 heterocycles. The third kappa shape index (κ3) is 6.99. The lowest BCUT2D eigenvalue weighted by molar-refractivity contribution is -0.121. The van der Waals surface area contributed by atoms with Gasteiger partial charge >= 0.3 is 0 Å². The quantitative estimate of drug-likeness (QED) is 0.678. The number of nitrogens with one attached hydrogen (secondary N) is 2. The van der Waals surface area contributed by atoms with E-state index in [9.17, 15) is 9.59 Å². The predicted molar refractivity (Wildman–Crippen MR) is 119 cm³/mol. The summed E-state index contributed by atoms with van der Waals surface area (Å²) < 4.78 is 5.80. The molecule has 1 saturated heterocycles. The molecule has 2 aromatic carbocycles. The van der Waals surface area contributed by atoms with Crippen LogP contribution in [0.25, 0.3) is 0 Å². The standard InChI is InChI=1S/C22H25Cl2N3O3/c1-15(28)26-18-5-2-16(3-6-18)11-22(29)25-12-19-14-27(8-9-30-19)13-17-4-7-20(23)21(24)10-17/h2-7,10,19H,8-9,11-14H2,1H3,(H,25,29)(H,26,28)/t19-/m0/s1. The van der Waals surface area contributed by atoms with E-state index in [1.807, 2.05) is 24.3 Å². The van der Waals surface area contributed by atoms with E-state index >= 15 is 0 Å². The number of morpholine rings is 1. The number of hydrogen-bond donors (Lipinski definition) is 2. The Kier molecular flexibility index (Phi) is 8.10. The number of anilines is 1. The van der Waals surface area contributed by atoms with Crippen molar-refractivity contribution >= 4 is 40.7 Å². The highest BCUT2D eigenvalue weighted by molar-refractivity contribution is 6.42. The van der Waals surface area contributed by atoms with E-state index in [0.29, 0.717) is 28.9 Å². The van der Waals surface area contributed by atoms with Gasteiger partial charge in [0, 0.05) is 38.8 Å². The molecule has 0 radical (unpaired) electrons. The average Bonchev–Trinajstić information content (AvgIpc) is 2.71. The molecule has 0 unspecified atom stereocenters. The van der Waals surface area contributed by atoms with Gasteiger partial charge in [-0.15, -0.1) is 0 Å². The van der Waals surface area contributed by atoms with Crippen molar-refractivity contribution < 1.29 is 14.3 Å². The van der Waals surface area contributed by atoms with Gasteiger partial charge in [-0.2, -0.15) is 0 Å². The monoisotopic (exact) mass is 449 g/mol. The molecular formula is C22H25Cl2N3O3. The van der Waals surface area contributed by atoms with Crippen molar-refractivity contribution in [3.05, 3.63) is 63.6 Å². The predicted octanol–water partition coefficient (Wildman–Crippen LogP) is 3.51. The van der Waals surface area contributed by atoms with E-state index in [4.69, 9.17) is 27.9 Å². The van der Waals surface area contributed by atoms with Crippen LogP contribution in [-0.4, -0.2) is 49.1 Å². The van der Waals surface area contributed by atoms with Crippen LogP contribution in [0.15, 0.2) is 42.5 Å². The first-order chi connectivity index (χ1) is 14.4. The second-order valence-corrected chi connectivity index (χ2v) is 8.15. The minimum absolute atomic E-state index is 0.0624. The number of hydrogen-bond acceptors (Lipinski definition) is 4. The Labute approximate surface area is 186 Å². The minimum atomic E-state index is -0.124. The maximum Gasteiger partial charge on any atom is 0.224 e. The molecule has 2 N–H and O–H groups in total. The van der Waals surface area contributed by atoms with Crippen LogP contribution in [0.2, 0.25) is 10.0 Å². The highest BCUT2D eigenvalue weighted by atomic mass is 35.5. The van der Waals surface area contributed by atoms with Gasteiger partial charge < -0.3 is 15.4 Å². The largest absolute Gasteiger partial charge is 0.374 e. The summed E-state index contributed by atoms with van der Waals surface area (Å²) >= 11 is 12.1. The van der Waals surface area contributed by atoms with Crippen LogP contribution < -0.4 is 10.6 Å². The van der Waals surface area contributed by atoms with Crippen LogP contribution in [0.1, 0.15) is 18.1 Å². The average molecular weight is 450 g/mol. The molecule has 1 fully saturated rings. The number of halogens is 2. The Hall–Kier alpha value is -2.12. The van der Waals surface area contributed by atoms with Crippen LogP contribution in [0.5, 0.6) is 0 Å². The normalized spacial score (nSPS) is 16.8. The molecule has 6 nitrogen and oxygen atoms in total. The van der Waals surface area contributed by atoms with Gasteiger partial charge in [0.1, 0.15) is 0 Å². The number of amides is 2. The Bertz CT molecular complexity index is 890. The van der Waals surface area contributed by atoms with E-state index in [0.717, 1.165) is 30.8 Å². The van der Waals surface area contributed by atoms with Crippen molar-refractivity contribution in [1.29, 1.82) is 0 Å². The van der Waals surface area contributed by atoms with E-state index in [-0.39, 0.29) is 24.3 Å². The van der Waals surface area contributed by atoms with Crippen LogP contribution in [0.3, 0.4) is 0 Å². The lowest BCUT2D eigenvalue weighted by atomic mass is 10.1. The first-order valence-corrected chi connectivity index (χ1v) is 10.6. The van der Waals surface area contributed by atoms with E-state index in [1.165, 1.54) is 6.92 Å². The Morgan fingerprint density at radius 2 is 1.83 bits per heavy atom. The Balaban J connectivity index is 1.44. The molecule has 1 atom stereocenters. The van der Waals surface area contributed by atoms with Gasteiger partial charge in [0.2, 0.25) is 11.8 Å². The number of carbonyl (C=O) groups is 2. The summed E-state index contributed by atoms with van der Waals surface area (Å²) in [6.45, 7) is 4.84. The number of carbonyl (C=O) groups excluding carboxylic acids is 2. The number of nitrogens with zero attached hydrogens (tertiary/aromatic N) is 1. The highest BCUT2D eigenvalue weighted by Crippen LogP contribution is 2.23. The van der Waals surface area contributed by atoms with Crippen LogP contribution in [0.4, 0.5) is 5.69 Å². The lowest BCUT2D eigenvalue weighted by Gasteiger charge is -2.33. The molecule has 2 aromatic rings. The van der Waals surface area contributed by atoms with Crippen LogP contribution in [0, 0.1) is 0 Å². The van der Waals surface area contributed by atoms with Crippen LogP contribution >= 0.6 is 23.2 Å². The molecule has 3 rings (SSSR count). The summed E-state index contributed by atoms with van der Waals surface area (Å²) in [6, 6.07) is 12.9. The van der Waals surface area contributed by atoms with Crippen molar-refractivity contribution in [3.8, 4) is 0 Å². The molecule has 2 amide bonds. The number of benzene rings is 2. The zero-order chi connectivity index (χ0) is 21.5. The molecule has 1 aliphatic rings. The fourth-order valence-electron chi connectivity index (χ4n) is 3.33. The molecule has 0 spiro atoms. The molecule has 0 aliphatic carbocycles. The van der Waals surface area contributed by atoms with Gasteiger partial charge in [-0.25, -0.2) is 0 Å². The molecular weight excluding hydrogens is 425 g/mol. The summed E-state index contributed by atoms with van der Waals surface area (Å²) in [5.41, 5.74) is 2.69. The molecule has 30 heavy (non-hydrogen) atoms. The maximum atomic E-state index is 12.3. The molecule has 8 heteroatoms. The SMILES string of the molecule is CC(=O)Nc1ccc(CC(=O)NC[C@H]2CN(Cc3ccc(Cl)c(Cl)c3)CCO2)cc1. The minimum Gasteiger partial charge on any atom is -0.374 e. The van der Waals surface area contributed by atoms with Gasteiger partial charge in [0.25, 0.3) is 0 Å². The maximum absolute atomic E-state index is 12.3. The lowest BCUT2D eigenvalue weighted by Crippen LogP contribution is -2.47. The van der Waals surface area contributed by atoms with Crippen molar-refractivity contribution in [2.24, 2.45) is 0 Å². The second kappa shape index (κ2) is 10.8. The summed E-state index contributed by atoms with van der Waals surface area (Å²) in [4.78, 5) is 25.6. The summed E-state index contributed by atoms with van der Waals surface area (Å²) in [5.74, 6) is -0.186. The van der Waals surface area contributed by atoms with Crippen LogP contribution in [-0.2, 0) is 27.3 Å². The third-order valence-corrected chi connectivity index (χ3v) is 5.52. The van der Waals surface area contributed by atoms with Crippen molar-refractivity contribution in [2.45, 2.75) is 26.0 Å². The zero-order valence-electron chi connectivity index (χ0n) is 16.8. The first kappa shape index (κ1) is 22.6. The Morgan fingerprint density at radius 1 is 1.10 bits per heavy atom. The number of ether oxygens (including phenoxy) is 1. The Morgan fingerprint density at radius 3 is 2.53 bits per heavy atom. The van der Waals surface area contributed by atoms with Crippen molar-refractivity contribution in [1.82, 2.24) is 10.2 Å². The van der Waals surface area contributed by atoms with Crippen molar-refractivity contribution in [2.75, 3.05) is 31.6 Å². The molecule has 0 saturated carbocycles. The van der Waals surface area contributed by atoms with Gasteiger partial charge in [-0.3, -0.25) is 14.5 Å². The number of rotatable bonds is 7. The van der Waals surface area contributed by atoms with E-state index < -0.39 is 0 Å². The molecule has 0 aromatic heterocycles. The zero-order valence-corrected chi connectivity index (χ0v) is 18.3. The molecule has 160 valence electrons. The summed E-state index contributed by atoms with van der Waals surface area (Å²) in [5, 5.41) is 6.76. The summed E-state index contributed by atoms with van der Waals surface area (Å²) in [7, 11) is 0. The summed E-state index contributed by atoms with van der Waals surface area (Å²) in [6.07, 6.45) is 0.215. The highest BCUT2D eigenvalue weighted by Gasteiger charge is 2.21. The fraction of sp³-hybridized carbons (Fsp3) is 0.364. The fourth-order valence-corrected chi connectivity index (χ4v) is 3.65. The third-order valence-electron chi connectivity index (χ3n) is 4.78. The topological polar surface area (TPSA) is 70.7 Å². The second-order valence-electron chi connectivity index (χ2n) is 7.34. The van der Waals surface area contributed by atoms with Gasteiger partial charge in [-0.05, 0) is 35.4 Å². The van der Waals surface area contributed by atoms with E-state index in [1.54, 1.807) is 18.2 Å². The van der Waals surface area contributed by atoms with Crippen molar-refractivity contribution in [3.63, 3.8) is 0 Å². The van der Waals surface area contributed by atoms with E-state index in [2.05, 4.69) is 15.5 Å². The van der Waals surface area contributed by atoms with Gasteiger partial charge in [-0.1, -0.05) is 41.4 Å². The van der Waals surface area contributed by atoms with Gasteiger partial charge in [0.15, 0.2) is 0 Å². The smallest absolute Gasteiger partial charge is 0.224 e. The molecule has 1 aliphatic heterocycles. The first-order valence-electron chi connectivity index (χ1n) is 9.80. The van der Waals surface area contributed by atoms with Gasteiger partial charge in [0.05, 0.1) is 29.2 Å².